The second kappa shape index (κ2) is 4.27. The minimum absolute atomic E-state index is 0.742. The maximum Gasteiger partial charge on any atom is 0.372 e. The van der Waals surface area contributed by atoms with E-state index in [-0.39, 0.29) is 0 Å². The van der Waals surface area contributed by atoms with Crippen LogP contribution in [-0.4, -0.2) is 27.9 Å². The molecular weight excluding hydrogens is 164 g/mol. The Labute approximate surface area is 68.3 Å². The topological polar surface area (TPSA) is 91.7 Å². The van der Waals surface area contributed by atoms with Crippen LogP contribution in [-0.2, 0) is 14.4 Å². The van der Waals surface area contributed by atoms with Gasteiger partial charge >= 0.3 is 11.9 Å². The van der Waals surface area contributed by atoms with Crippen LogP contribution in [0.25, 0.3) is 0 Å². The van der Waals surface area contributed by atoms with Gasteiger partial charge in [-0.25, -0.2) is 9.59 Å². The van der Waals surface area contributed by atoms with E-state index in [1.165, 1.54) is 6.92 Å². The Morgan fingerprint density at radius 3 is 2.08 bits per heavy atom. The molecule has 2 N–H and O–H groups in total. The van der Waals surface area contributed by atoms with E-state index in [9.17, 15) is 14.4 Å². The first kappa shape index (κ1) is 10.3. The summed E-state index contributed by atoms with van der Waals surface area (Å²) in [6, 6.07) is 0. The van der Waals surface area contributed by atoms with Crippen molar-refractivity contribution in [2.75, 3.05) is 0 Å². The van der Waals surface area contributed by atoms with Crippen molar-refractivity contribution in [3.63, 3.8) is 0 Å². The third-order valence-corrected chi connectivity index (χ3v) is 1.15. The Bertz CT molecular complexity index is 240. The van der Waals surface area contributed by atoms with E-state index in [2.05, 4.69) is 0 Å². The van der Waals surface area contributed by atoms with Crippen LogP contribution in [0.5, 0.6) is 0 Å². The smallest absolute Gasteiger partial charge is 0.372 e. The maximum absolute atomic E-state index is 10.6. The Morgan fingerprint density at radius 2 is 1.75 bits per heavy atom. The molecule has 0 saturated carbocycles. The predicted octanol–water partition coefficient (Wildman–Crippen LogP) is -0.0830. The van der Waals surface area contributed by atoms with Crippen molar-refractivity contribution in [3.8, 4) is 0 Å². The number of allylic oxidation sites excluding steroid dienone is 1. The lowest BCUT2D eigenvalue weighted by Crippen LogP contribution is -2.19. The van der Waals surface area contributed by atoms with Crippen LogP contribution >= 0.6 is 0 Å². The summed E-state index contributed by atoms with van der Waals surface area (Å²) in [6.07, 6.45) is 1.77. The Hall–Kier alpha value is -1.65. The van der Waals surface area contributed by atoms with Gasteiger partial charge in [-0.1, -0.05) is 13.0 Å². The molecule has 5 nitrogen and oxygen atoms in total. The van der Waals surface area contributed by atoms with Gasteiger partial charge in [0.2, 0.25) is 5.78 Å². The third-order valence-electron chi connectivity index (χ3n) is 1.15. The highest BCUT2D eigenvalue weighted by Crippen LogP contribution is 1.98. The fourth-order valence-electron chi connectivity index (χ4n) is 0.509. The van der Waals surface area contributed by atoms with Gasteiger partial charge in [0.25, 0.3) is 0 Å². The van der Waals surface area contributed by atoms with E-state index in [1.54, 1.807) is 0 Å². The number of Topliss-reactive ketones (excluding diaryl/α,β-unsaturated/α-hetero) is 1. The minimum Gasteiger partial charge on any atom is -0.478 e. The molecule has 5 heteroatoms. The van der Waals surface area contributed by atoms with Crippen LogP contribution in [0.1, 0.15) is 6.92 Å². The molecule has 0 radical (unpaired) electrons. The van der Waals surface area contributed by atoms with Gasteiger partial charge in [-0.05, 0) is 0 Å². The first-order chi connectivity index (χ1) is 5.45. The summed E-state index contributed by atoms with van der Waals surface area (Å²) >= 11 is 0. The molecule has 0 bridgehead atoms. The third kappa shape index (κ3) is 3.50. The lowest BCUT2D eigenvalue weighted by molar-refractivity contribution is -0.150. The molecule has 0 aromatic heterocycles. The normalized spacial score (nSPS) is 12.8. The van der Waals surface area contributed by atoms with Crippen molar-refractivity contribution in [1.29, 1.82) is 0 Å². The van der Waals surface area contributed by atoms with E-state index >= 15 is 0 Å². The average Bonchev–Trinajstić information content (AvgIpc) is 1.98. The van der Waals surface area contributed by atoms with Crippen molar-refractivity contribution < 1.29 is 24.6 Å². The molecule has 0 aliphatic heterocycles. The zero-order chi connectivity index (χ0) is 9.72. The van der Waals surface area contributed by atoms with E-state index in [0.29, 0.717) is 0 Å². The van der Waals surface area contributed by atoms with Crippen molar-refractivity contribution >= 4 is 17.7 Å². The molecule has 0 aromatic carbocycles. The van der Waals surface area contributed by atoms with Gasteiger partial charge in [-0.2, -0.15) is 0 Å². The quantitative estimate of drug-likeness (QED) is 0.457. The van der Waals surface area contributed by atoms with Gasteiger partial charge in [0.05, 0.1) is 0 Å². The number of ketones is 1. The molecule has 0 fully saturated rings. The van der Waals surface area contributed by atoms with E-state index in [1.807, 2.05) is 0 Å². The van der Waals surface area contributed by atoms with Crippen molar-refractivity contribution in [2.45, 2.75) is 6.92 Å². The second-order valence-electron chi connectivity index (χ2n) is 2.16. The fourth-order valence-corrected chi connectivity index (χ4v) is 0.509. The molecule has 0 aliphatic rings. The molecule has 0 unspecified atom stereocenters. The van der Waals surface area contributed by atoms with E-state index in [4.69, 9.17) is 10.2 Å². The van der Waals surface area contributed by atoms with E-state index < -0.39 is 23.6 Å². The lowest BCUT2D eigenvalue weighted by Gasteiger charge is -1.97. The second-order valence-corrected chi connectivity index (χ2v) is 2.16. The molecule has 66 valence electrons. The number of carboxylic acids is 2. The molecule has 0 aromatic rings. The first-order valence-corrected chi connectivity index (χ1v) is 3.13. The van der Waals surface area contributed by atoms with Crippen LogP contribution in [0.15, 0.2) is 12.2 Å². The van der Waals surface area contributed by atoms with Crippen molar-refractivity contribution in [3.05, 3.63) is 12.2 Å². The van der Waals surface area contributed by atoms with Gasteiger partial charge < -0.3 is 10.2 Å². The molecule has 1 atom stereocenters. The summed E-state index contributed by atoms with van der Waals surface area (Å²) in [5.74, 6) is -4.69. The van der Waals surface area contributed by atoms with Crippen LogP contribution in [0, 0.1) is 5.92 Å². The van der Waals surface area contributed by atoms with Gasteiger partial charge in [-0.3, -0.25) is 4.79 Å². The van der Waals surface area contributed by atoms with Crippen LogP contribution in [0.4, 0.5) is 0 Å². The molecule has 0 rings (SSSR count). The SMILES string of the molecule is C[C@H](/C=C/C(=O)O)C(=O)C(=O)O. The summed E-state index contributed by atoms with van der Waals surface area (Å²) in [5, 5.41) is 16.3. The van der Waals surface area contributed by atoms with Crippen molar-refractivity contribution in [1.82, 2.24) is 0 Å². The number of rotatable bonds is 4. The average molecular weight is 172 g/mol. The summed E-state index contributed by atoms with van der Waals surface area (Å²) in [6.45, 7) is 1.32. The molecular formula is C7H8O5. The zero-order valence-electron chi connectivity index (χ0n) is 6.35. The molecule has 0 saturated heterocycles. The number of aliphatic carboxylic acids is 2. The van der Waals surface area contributed by atoms with Crippen LogP contribution in [0.3, 0.4) is 0 Å². The monoisotopic (exact) mass is 172 g/mol. The minimum atomic E-state index is -1.56. The van der Waals surface area contributed by atoms with Crippen LogP contribution < -0.4 is 0 Å². The Morgan fingerprint density at radius 1 is 1.25 bits per heavy atom. The lowest BCUT2D eigenvalue weighted by atomic mass is 10.1. The number of hydrogen-bond donors (Lipinski definition) is 2. The summed E-state index contributed by atoms with van der Waals surface area (Å²) in [7, 11) is 0. The highest BCUT2D eigenvalue weighted by molar-refractivity contribution is 6.33. The first-order valence-electron chi connectivity index (χ1n) is 3.13. The Kier molecular flexibility index (Phi) is 3.69. The summed E-state index contributed by atoms with van der Waals surface area (Å²) < 4.78 is 0. The summed E-state index contributed by atoms with van der Waals surface area (Å²) in [4.78, 5) is 30.6. The number of hydrogen-bond acceptors (Lipinski definition) is 3. The van der Waals surface area contributed by atoms with Gasteiger partial charge in [0.1, 0.15) is 0 Å². The predicted molar refractivity (Wildman–Crippen MR) is 38.6 cm³/mol. The van der Waals surface area contributed by atoms with Gasteiger partial charge in [-0.15, -0.1) is 0 Å². The molecule has 0 heterocycles. The molecule has 12 heavy (non-hydrogen) atoms. The van der Waals surface area contributed by atoms with E-state index in [0.717, 1.165) is 12.2 Å². The van der Waals surface area contributed by atoms with Gasteiger partial charge in [0.15, 0.2) is 0 Å². The molecule has 0 spiro atoms. The highest BCUT2D eigenvalue weighted by Gasteiger charge is 2.17. The molecule has 0 amide bonds. The number of carboxylic acid groups (broad SMARTS) is 2. The molecule has 0 aliphatic carbocycles. The number of carbonyl (C=O) groups is 3. The standard InChI is InChI=1S/C7H8O5/c1-4(2-3-5(8)9)6(10)7(11)12/h2-4H,1H3,(H,8,9)(H,11,12)/b3-2+/t4-/m1/s1. The Balaban J connectivity index is 4.22. The van der Waals surface area contributed by atoms with Gasteiger partial charge in [0, 0.05) is 12.0 Å². The summed E-state index contributed by atoms with van der Waals surface area (Å²) in [5.41, 5.74) is 0. The maximum atomic E-state index is 10.6. The zero-order valence-corrected chi connectivity index (χ0v) is 6.35. The van der Waals surface area contributed by atoms with Crippen LogP contribution in [0.2, 0.25) is 0 Å². The highest BCUT2D eigenvalue weighted by atomic mass is 16.4. The fraction of sp³-hybridized carbons (Fsp3) is 0.286. The van der Waals surface area contributed by atoms with Crippen molar-refractivity contribution in [2.24, 2.45) is 5.92 Å². The number of carbonyl (C=O) groups excluding carboxylic acids is 1. The largest absolute Gasteiger partial charge is 0.478 e.